The van der Waals surface area contributed by atoms with Gasteiger partial charge in [-0.1, -0.05) is 18.4 Å². The molecule has 2 heteroatoms. The Morgan fingerprint density at radius 2 is 2.00 bits per heavy atom. The van der Waals surface area contributed by atoms with Crippen molar-refractivity contribution in [1.82, 2.24) is 4.90 Å². The summed E-state index contributed by atoms with van der Waals surface area (Å²) in [5, 5.41) is 9.35. The molecule has 1 N–H and O–H groups in total. The van der Waals surface area contributed by atoms with Gasteiger partial charge >= 0.3 is 0 Å². The van der Waals surface area contributed by atoms with Crippen LogP contribution in [0.2, 0.25) is 0 Å². The molecule has 116 valence electrons. The number of hydrogen-bond donors (Lipinski definition) is 1. The lowest BCUT2D eigenvalue weighted by molar-refractivity contribution is -0.0166. The molecule has 2 saturated heterocycles. The molecular formula is C19H29NO. The number of terminal acetylenes is 1. The van der Waals surface area contributed by atoms with Crippen molar-refractivity contribution in [2.45, 2.75) is 75.9 Å². The molecule has 3 aliphatic rings. The Bertz CT molecular complexity index is 410. The summed E-state index contributed by atoms with van der Waals surface area (Å²) in [5.74, 6) is 4.30. The molecule has 0 radical (unpaired) electrons. The van der Waals surface area contributed by atoms with Gasteiger partial charge in [-0.25, -0.2) is 0 Å². The Balaban J connectivity index is 1.71. The summed E-state index contributed by atoms with van der Waals surface area (Å²) >= 11 is 0. The first-order chi connectivity index (χ1) is 10.3. The lowest BCUT2D eigenvalue weighted by atomic mass is 9.69. The number of fused-ring (bicyclic) bond motifs is 3. The van der Waals surface area contributed by atoms with Crippen LogP contribution in [0.3, 0.4) is 0 Å². The maximum absolute atomic E-state index is 9.35. The molecule has 0 amide bonds. The lowest BCUT2D eigenvalue weighted by Crippen LogP contribution is -2.54. The van der Waals surface area contributed by atoms with Gasteiger partial charge in [0.15, 0.2) is 0 Å². The number of aliphatic hydroxyl groups is 1. The molecule has 2 heterocycles. The van der Waals surface area contributed by atoms with Crippen molar-refractivity contribution in [2.24, 2.45) is 11.8 Å². The highest BCUT2D eigenvalue weighted by Crippen LogP contribution is 2.47. The van der Waals surface area contributed by atoms with Crippen molar-refractivity contribution in [3.8, 4) is 12.3 Å². The smallest absolute Gasteiger partial charge is 0.0445 e. The van der Waals surface area contributed by atoms with Crippen LogP contribution in [-0.2, 0) is 0 Å². The summed E-state index contributed by atoms with van der Waals surface area (Å²) in [4.78, 5) is 2.83. The second-order valence-corrected chi connectivity index (χ2v) is 7.15. The van der Waals surface area contributed by atoms with E-state index in [-0.39, 0.29) is 0 Å². The molecule has 0 bridgehead atoms. The van der Waals surface area contributed by atoms with Crippen molar-refractivity contribution >= 4 is 0 Å². The van der Waals surface area contributed by atoms with Gasteiger partial charge in [-0.15, -0.1) is 6.42 Å². The van der Waals surface area contributed by atoms with Crippen LogP contribution in [0.25, 0.3) is 0 Å². The highest BCUT2D eigenvalue weighted by Gasteiger charge is 2.46. The van der Waals surface area contributed by atoms with Gasteiger partial charge in [-0.05, 0) is 69.3 Å². The maximum atomic E-state index is 9.35. The number of nitrogens with zero attached hydrogens (tertiary/aromatic N) is 1. The van der Waals surface area contributed by atoms with Crippen molar-refractivity contribution in [2.75, 3.05) is 6.61 Å². The molecular weight excluding hydrogens is 258 g/mol. The molecule has 1 saturated carbocycles. The minimum atomic E-state index is 0.347. The summed E-state index contributed by atoms with van der Waals surface area (Å²) in [7, 11) is 0. The highest BCUT2D eigenvalue weighted by molar-refractivity contribution is 5.10. The predicted octanol–water partition coefficient (Wildman–Crippen LogP) is 3.36. The Morgan fingerprint density at radius 1 is 1.14 bits per heavy atom. The van der Waals surface area contributed by atoms with Gasteiger partial charge in [0.25, 0.3) is 0 Å². The molecule has 0 aromatic heterocycles. The van der Waals surface area contributed by atoms with Crippen LogP contribution in [0.5, 0.6) is 0 Å². The minimum absolute atomic E-state index is 0.347. The molecule has 3 fully saturated rings. The maximum Gasteiger partial charge on any atom is 0.0445 e. The van der Waals surface area contributed by atoms with Gasteiger partial charge < -0.3 is 5.11 Å². The topological polar surface area (TPSA) is 23.5 Å². The van der Waals surface area contributed by atoms with Crippen LogP contribution < -0.4 is 0 Å². The predicted molar refractivity (Wildman–Crippen MR) is 86.8 cm³/mol. The quantitative estimate of drug-likeness (QED) is 0.802. The number of piperidine rings is 1. The normalized spacial score (nSPS) is 39.9. The molecule has 3 rings (SSSR count). The number of allylic oxidation sites excluding steroid dienone is 2. The second-order valence-electron chi connectivity index (χ2n) is 7.15. The molecule has 2 nitrogen and oxygen atoms in total. The molecule has 0 aromatic carbocycles. The lowest BCUT2D eigenvalue weighted by Gasteiger charge is -2.51. The van der Waals surface area contributed by atoms with E-state index in [4.69, 9.17) is 6.42 Å². The van der Waals surface area contributed by atoms with E-state index in [1.807, 2.05) is 6.08 Å². The van der Waals surface area contributed by atoms with Crippen LogP contribution in [-0.4, -0.2) is 34.7 Å². The second kappa shape index (κ2) is 6.99. The fraction of sp³-hybridized carbons (Fsp3) is 0.789. The monoisotopic (exact) mass is 287 g/mol. The Labute approximate surface area is 129 Å². The van der Waals surface area contributed by atoms with Gasteiger partial charge in [0.2, 0.25) is 0 Å². The molecule has 2 aliphatic heterocycles. The first kappa shape index (κ1) is 15.1. The Kier molecular flexibility index (Phi) is 5.03. The SMILES string of the molecule is C#C/C=C/CC1CCCC2C1CCC1CCC(CCO)N12. The van der Waals surface area contributed by atoms with Gasteiger partial charge in [0.1, 0.15) is 0 Å². The van der Waals surface area contributed by atoms with E-state index >= 15 is 0 Å². The summed E-state index contributed by atoms with van der Waals surface area (Å²) < 4.78 is 0. The zero-order valence-corrected chi connectivity index (χ0v) is 13.1. The summed E-state index contributed by atoms with van der Waals surface area (Å²) in [5.41, 5.74) is 0. The molecule has 1 aliphatic carbocycles. The van der Waals surface area contributed by atoms with Crippen LogP contribution in [0.15, 0.2) is 12.2 Å². The van der Waals surface area contributed by atoms with E-state index in [2.05, 4.69) is 16.9 Å². The summed E-state index contributed by atoms with van der Waals surface area (Å²) in [6.07, 6.45) is 21.1. The van der Waals surface area contributed by atoms with E-state index in [0.717, 1.165) is 36.8 Å². The third-order valence-electron chi connectivity index (χ3n) is 6.18. The van der Waals surface area contributed by atoms with Crippen LogP contribution in [0.4, 0.5) is 0 Å². The first-order valence-electron chi connectivity index (χ1n) is 8.84. The minimum Gasteiger partial charge on any atom is -0.396 e. The largest absolute Gasteiger partial charge is 0.396 e. The number of hydrogen-bond acceptors (Lipinski definition) is 2. The van der Waals surface area contributed by atoms with E-state index in [1.54, 1.807) is 0 Å². The van der Waals surface area contributed by atoms with E-state index in [1.165, 1.54) is 44.9 Å². The third-order valence-corrected chi connectivity index (χ3v) is 6.18. The Morgan fingerprint density at radius 3 is 2.81 bits per heavy atom. The molecule has 5 unspecified atom stereocenters. The van der Waals surface area contributed by atoms with Crippen molar-refractivity contribution in [3.63, 3.8) is 0 Å². The van der Waals surface area contributed by atoms with Gasteiger partial charge in [0.05, 0.1) is 0 Å². The fourth-order valence-electron chi connectivity index (χ4n) is 5.38. The molecule has 0 spiro atoms. The van der Waals surface area contributed by atoms with Crippen molar-refractivity contribution in [3.05, 3.63) is 12.2 Å². The van der Waals surface area contributed by atoms with Gasteiger partial charge in [-0.2, -0.15) is 0 Å². The number of aliphatic hydroxyl groups excluding tert-OH is 1. The van der Waals surface area contributed by atoms with E-state index in [0.29, 0.717) is 12.6 Å². The highest BCUT2D eigenvalue weighted by atomic mass is 16.3. The Hall–Kier alpha value is -0.780. The third kappa shape index (κ3) is 3.05. The molecule has 5 atom stereocenters. The summed E-state index contributed by atoms with van der Waals surface area (Å²) in [6, 6.07) is 2.23. The van der Waals surface area contributed by atoms with E-state index in [9.17, 15) is 5.11 Å². The van der Waals surface area contributed by atoms with Crippen LogP contribution in [0, 0.1) is 24.2 Å². The summed E-state index contributed by atoms with van der Waals surface area (Å²) in [6.45, 7) is 0.347. The standard InChI is InChI=1S/C19H29NO/c1-2-3-4-6-15-7-5-8-19-18(15)12-11-16-9-10-17(13-14-21)20(16)19/h1,3-4,15-19,21H,5-14H2/b4-3+. The van der Waals surface area contributed by atoms with Gasteiger partial charge in [0, 0.05) is 24.7 Å². The number of rotatable bonds is 4. The first-order valence-corrected chi connectivity index (χ1v) is 8.84. The van der Waals surface area contributed by atoms with Crippen LogP contribution in [0.1, 0.15) is 57.8 Å². The van der Waals surface area contributed by atoms with Gasteiger partial charge in [-0.3, -0.25) is 4.90 Å². The average molecular weight is 287 g/mol. The van der Waals surface area contributed by atoms with Crippen molar-refractivity contribution < 1.29 is 5.11 Å². The molecule has 21 heavy (non-hydrogen) atoms. The zero-order valence-electron chi connectivity index (χ0n) is 13.1. The molecule has 0 aromatic rings. The zero-order chi connectivity index (χ0) is 14.7. The average Bonchev–Trinajstić information content (AvgIpc) is 2.92. The fourth-order valence-corrected chi connectivity index (χ4v) is 5.38. The van der Waals surface area contributed by atoms with E-state index < -0.39 is 0 Å². The van der Waals surface area contributed by atoms with Crippen LogP contribution >= 0.6 is 0 Å². The van der Waals surface area contributed by atoms with Crippen molar-refractivity contribution in [1.29, 1.82) is 0 Å².